The molecule has 6 nitrogen and oxygen atoms in total. The maximum absolute atomic E-state index is 6.54. The SMILES string of the molecule is c1ccc(-c2nc3ccc4ccc5ccc(-c6nc(-c7ccc(-c8ccc9ccccc9c8)cc7)nc(-c7cccc8oc9ccccc9c78)n6)cc5c4c3o2)cc1. The van der Waals surface area contributed by atoms with Gasteiger partial charge in [0.05, 0.1) is 0 Å². The lowest BCUT2D eigenvalue weighted by atomic mass is 9.99. The fraction of sp³-hybridized carbons (Fsp3) is 0. The summed E-state index contributed by atoms with van der Waals surface area (Å²) in [4.78, 5) is 20.5. The van der Waals surface area contributed by atoms with E-state index < -0.39 is 0 Å². The molecule has 0 unspecified atom stereocenters. The van der Waals surface area contributed by atoms with E-state index in [0.717, 1.165) is 88.0 Å². The monoisotopic (exact) mass is 742 g/mol. The number of fused-ring (bicyclic) bond motifs is 9. The van der Waals surface area contributed by atoms with Crippen molar-refractivity contribution in [3.05, 3.63) is 182 Å². The number of hydrogen-bond donors (Lipinski definition) is 0. The minimum atomic E-state index is 0.567. The zero-order chi connectivity index (χ0) is 38.2. The van der Waals surface area contributed by atoms with Crippen LogP contribution in [-0.2, 0) is 0 Å². The molecule has 9 aromatic carbocycles. The lowest BCUT2D eigenvalue weighted by Crippen LogP contribution is -2.00. The number of nitrogens with zero attached hydrogens (tertiary/aromatic N) is 4. The average molecular weight is 743 g/mol. The molecular weight excluding hydrogens is 713 g/mol. The highest BCUT2D eigenvalue weighted by Crippen LogP contribution is 2.39. The number of oxazole rings is 1. The van der Waals surface area contributed by atoms with Crippen molar-refractivity contribution in [1.29, 1.82) is 0 Å². The van der Waals surface area contributed by atoms with E-state index in [-0.39, 0.29) is 0 Å². The van der Waals surface area contributed by atoms with Crippen LogP contribution in [0.2, 0.25) is 0 Å². The van der Waals surface area contributed by atoms with E-state index in [0.29, 0.717) is 23.4 Å². The summed E-state index contributed by atoms with van der Waals surface area (Å²) >= 11 is 0. The van der Waals surface area contributed by atoms with E-state index in [1.165, 1.54) is 10.8 Å². The molecule has 3 aromatic heterocycles. The molecule has 0 atom stereocenters. The second-order valence-electron chi connectivity index (χ2n) is 14.6. The van der Waals surface area contributed by atoms with Crippen LogP contribution >= 0.6 is 0 Å². The second kappa shape index (κ2) is 12.8. The van der Waals surface area contributed by atoms with Crippen LogP contribution in [-0.4, -0.2) is 19.9 Å². The van der Waals surface area contributed by atoms with Gasteiger partial charge in [0.15, 0.2) is 23.1 Å². The number of aromatic nitrogens is 4. The Balaban J connectivity index is 1.05. The third-order valence-electron chi connectivity index (χ3n) is 11.1. The molecule has 0 bridgehead atoms. The number of rotatable bonds is 5. The largest absolute Gasteiger partial charge is 0.456 e. The van der Waals surface area contributed by atoms with E-state index in [9.17, 15) is 0 Å². The van der Waals surface area contributed by atoms with Crippen LogP contribution in [0.25, 0.3) is 122 Å². The molecular formula is C52H30N4O2. The smallest absolute Gasteiger partial charge is 0.227 e. The standard InChI is InChI=1S/C52H30N4O2/c1-2-10-36(11-3-1)52-53-43-28-27-34-22-20-33-21-26-39(30-42(33)46(34)48(43)58-52)50-54-49(35-23-17-32(18-24-35)38-25-19-31-9-4-5-12-37(31)29-38)55-51(56-50)41-14-8-16-45-47(41)40-13-6-7-15-44(40)57-45/h1-30H. The molecule has 0 amide bonds. The van der Waals surface area contributed by atoms with Gasteiger partial charge in [0, 0.05) is 38.4 Å². The van der Waals surface area contributed by atoms with Gasteiger partial charge in [0.2, 0.25) is 5.89 Å². The van der Waals surface area contributed by atoms with E-state index in [2.05, 4.69) is 115 Å². The number of hydrogen-bond acceptors (Lipinski definition) is 6. The Kier molecular flexibility index (Phi) is 7.13. The highest BCUT2D eigenvalue weighted by Gasteiger charge is 2.19. The van der Waals surface area contributed by atoms with E-state index in [1.54, 1.807) is 0 Å². The molecule has 0 aliphatic rings. The first kappa shape index (κ1) is 32.3. The summed E-state index contributed by atoms with van der Waals surface area (Å²) in [7, 11) is 0. The molecule has 0 spiro atoms. The predicted octanol–water partition coefficient (Wildman–Crippen LogP) is 13.7. The Morgan fingerprint density at radius 3 is 1.88 bits per heavy atom. The van der Waals surface area contributed by atoms with E-state index in [1.807, 2.05) is 66.7 Å². The van der Waals surface area contributed by atoms with Crippen molar-refractivity contribution in [2.45, 2.75) is 0 Å². The number of benzene rings is 9. The van der Waals surface area contributed by atoms with Crippen molar-refractivity contribution >= 4 is 65.4 Å². The minimum Gasteiger partial charge on any atom is -0.456 e. The Morgan fingerprint density at radius 1 is 0.328 bits per heavy atom. The normalized spacial score (nSPS) is 11.8. The summed E-state index contributed by atoms with van der Waals surface area (Å²) in [5.41, 5.74) is 9.00. The quantitative estimate of drug-likeness (QED) is 0.163. The first-order valence-corrected chi connectivity index (χ1v) is 19.3. The van der Waals surface area contributed by atoms with Crippen molar-refractivity contribution in [1.82, 2.24) is 19.9 Å². The topological polar surface area (TPSA) is 77.8 Å². The molecule has 0 fully saturated rings. The Bertz CT molecular complexity index is 3570. The van der Waals surface area contributed by atoms with Gasteiger partial charge in [0.1, 0.15) is 16.7 Å². The van der Waals surface area contributed by atoms with Gasteiger partial charge in [-0.3, -0.25) is 0 Å². The summed E-state index contributed by atoms with van der Waals surface area (Å²) < 4.78 is 12.8. The zero-order valence-electron chi connectivity index (χ0n) is 30.9. The Hall–Kier alpha value is -7.96. The lowest BCUT2D eigenvalue weighted by Gasteiger charge is -2.11. The third kappa shape index (κ3) is 5.27. The van der Waals surface area contributed by atoms with E-state index >= 15 is 0 Å². The van der Waals surface area contributed by atoms with Crippen molar-refractivity contribution in [2.24, 2.45) is 0 Å². The highest BCUT2D eigenvalue weighted by atomic mass is 16.3. The third-order valence-corrected chi connectivity index (χ3v) is 11.1. The van der Waals surface area contributed by atoms with Gasteiger partial charge in [0.25, 0.3) is 0 Å². The fourth-order valence-corrected chi connectivity index (χ4v) is 8.26. The van der Waals surface area contributed by atoms with Crippen molar-refractivity contribution in [3.63, 3.8) is 0 Å². The summed E-state index contributed by atoms with van der Waals surface area (Å²) in [6.07, 6.45) is 0. The van der Waals surface area contributed by atoms with Gasteiger partial charge in [-0.05, 0) is 80.5 Å². The van der Waals surface area contributed by atoms with E-state index in [4.69, 9.17) is 28.8 Å². The first-order valence-electron chi connectivity index (χ1n) is 19.3. The number of furan rings is 1. The van der Waals surface area contributed by atoms with Gasteiger partial charge >= 0.3 is 0 Å². The summed E-state index contributed by atoms with van der Waals surface area (Å²) in [5, 5.41) is 8.59. The summed E-state index contributed by atoms with van der Waals surface area (Å²) in [6.45, 7) is 0. The van der Waals surface area contributed by atoms with Gasteiger partial charge < -0.3 is 8.83 Å². The molecule has 0 N–H and O–H groups in total. The number of para-hydroxylation sites is 1. The predicted molar refractivity (Wildman–Crippen MR) is 234 cm³/mol. The van der Waals surface area contributed by atoms with Crippen molar-refractivity contribution in [3.8, 4) is 56.7 Å². The molecule has 0 radical (unpaired) electrons. The zero-order valence-corrected chi connectivity index (χ0v) is 30.9. The molecule has 6 heteroatoms. The molecule has 0 saturated carbocycles. The molecule has 270 valence electrons. The second-order valence-corrected chi connectivity index (χ2v) is 14.6. The molecule has 0 saturated heterocycles. The van der Waals surface area contributed by atoms with Gasteiger partial charge in [-0.15, -0.1) is 0 Å². The van der Waals surface area contributed by atoms with Crippen LogP contribution in [0.4, 0.5) is 0 Å². The fourth-order valence-electron chi connectivity index (χ4n) is 8.26. The minimum absolute atomic E-state index is 0.567. The molecule has 3 heterocycles. The van der Waals surface area contributed by atoms with Crippen molar-refractivity contribution in [2.75, 3.05) is 0 Å². The maximum atomic E-state index is 6.54. The van der Waals surface area contributed by atoms with Crippen LogP contribution in [0.5, 0.6) is 0 Å². The van der Waals surface area contributed by atoms with Crippen LogP contribution in [0, 0.1) is 0 Å². The van der Waals surface area contributed by atoms with Gasteiger partial charge in [-0.1, -0.05) is 140 Å². The van der Waals surface area contributed by atoms with Crippen LogP contribution < -0.4 is 0 Å². The molecule has 0 aliphatic heterocycles. The van der Waals surface area contributed by atoms with Crippen LogP contribution in [0.3, 0.4) is 0 Å². The average Bonchev–Trinajstić information content (AvgIpc) is 3.91. The highest BCUT2D eigenvalue weighted by molar-refractivity contribution is 6.18. The van der Waals surface area contributed by atoms with Gasteiger partial charge in [-0.2, -0.15) is 0 Å². The summed E-state index contributed by atoms with van der Waals surface area (Å²) in [5.74, 6) is 2.31. The molecule has 12 aromatic rings. The molecule has 12 rings (SSSR count). The van der Waals surface area contributed by atoms with Crippen LogP contribution in [0.15, 0.2) is 191 Å². The first-order chi connectivity index (χ1) is 28.7. The Morgan fingerprint density at radius 2 is 0.983 bits per heavy atom. The molecule has 0 aliphatic carbocycles. The lowest BCUT2D eigenvalue weighted by molar-refractivity contribution is 0.623. The van der Waals surface area contributed by atoms with Gasteiger partial charge in [-0.25, -0.2) is 19.9 Å². The van der Waals surface area contributed by atoms with Crippen LogP contribution in [0.1, 0.15) is 0 Å². The van der Waals surface area contributed by atoms with Crippen molar-refractivity contribution < 1.29 is 8.83 Å². The molecule has 58 heavy (non-hydrogen) atoms. The maximum Gasteiger partial charge on any atom is 0.227 e. The Labute approximate surface area is 331 Å². The summed E-state index contributed by atoms with van der Waals surface area (Å²) in [6, 6.07) is 62.5.